The van der Waals surface area contributed by atoms with Crippen LogP contribution in [0.15, 0.2) is 211 Å². The van der Waals surface area contributed by atoms with Crippen molar-refractivity contribution in [2.75, 3.05) is 28.4 Å². The highest BCUT2D eigenvalue weighted by Crippen LogP contribution is 2.37. The number of alkyl carbamates (subject to hydrolysis) is 1. The first-order valence-corrected chi connectivity index (χ1v) is 42.9. The van der Waals surface area contributed by atoms with Crippen molar-refractivity contribution in [1.82, 2.24) is 16.0 Å². The maximum absolute atomic E-state index is 12.4. The smallest absolute Gasteiger partial charge is 0.408 e. The lowest BCUT2D eigenvalue weighted by atomic mass is 10.0. The number of methoxy groups -OCH3 is 4. The molecule has 32 heteroatoms. The minimum atomic E-state index is -0.984. The number of ketones is 2. The van der Waals surface area contributed by atoms with Crippen molar-refractivity contribution in [1.29, 1.82) is 0 Å². The van der Waals surface area contributed by atoms with Crippen molar-refractivity contribution in [3.05, 3.63) is 349 Å². The monoisotopic (exact) mass is 1870 g/mol. The van der Waals surface area contributed by atoms with Crippen LogP contribution >= 0.6 is 46.4 Å². The summed E-state index contributed by atoms with van der Waals surface area (Å²) >= 11 is 22.9. The molecule has 10 aromatic carbocycles. The molecular weight excluding hydrogens is 1780 g/mol. The molecule has 0 aliphatic heterocycles. The van der Waals surface area contributed by atoms with Gasteiger partial charge >= 0.3 is 53.8 Å². The van der Waals surface area contributed by atoms with E-state index in [2.05, 4.69) is 30.6 Å². The van der Waals surface area contributed by atoms with Gasteiger partial charge in [-0.15, -0.1) is 0 Å². The number of hydrogen-bond donors (Lipinski definition) is 8. The van der Waals surface area contributed by atoms with Gasteiger partial charge in [-0.1, -0.05) is 125 Å². The highest BCUT2D eigenvalue weighted by Gasteiger charge is 2.32. The van der Waals surface area contributed by atoms with Crippen molar-refractivity contribution >= 4 is 135 Å². The van der Waals surface area contributed by atoms with Crippen molar-refractivity contribution in [2.24, 2.45) is 5.16 Å². The summed E-state index contributed by atoms with van der Waals surface area (Å²) in [5.41, 5.74) is 16.1. The van der Waals surface area contributed by atoms with Crippen LogP contribution in [-0.4, -0.2) is 148 Å². The van der Waals surface area contributed by atoms with Crippen molar-refractivity contribution < 1.29 is 116 Å². The number of hydrogen-bond acceptors (Lipinski definition) is 21. The van der Waals surface area contributed by atoms with Gasteiger partial charge in [0, 0.05) is 36.0 Å². The van der Waals surface area contributed by atoms with Gasteiger partial charge < -0.3 is 65.3 Å². The first-order valence-electron chi connectivity index (χ1n) is 41.4. The molecule has 0 saturated carbocycles. The number of aliphatic carboxylic acids is 1. The molecule has 10 aromatic rings. The molecule has 6 aliphatic carbocycles. The normalized spacial score (nSPS) is 14.7. The van der Waals surface area contributed by atoms with Gasteiger partial charge in [0.2, 0.25) is 0 Å². The second kappa shape index (κ2) is 47.9. The van der Waals surface area contributed by atoms with E-state index in [4.69, 9.17) is 86.2 Å². The Balaban J connectivity index is 0.000000172. The fourth-order valence-electron chi connectivity index (χ4n) is 14.8. The summed E-state index contributed by atoms with van der Waals surface area (Å²) < 4.78 is 24.0. The Bertz CT molecular complexity index is 6080. The Morgan fingerprint density at radius 1 is 0.379 bits per heavy atom. The number of aromatic carboxylic acids is 3. The number of carboxylic acids is 4. The summed E-state index contributed by atoms with van der Waals surface area (Å²) in [5.74, 6) is -5.59. The molecule has 8 N–H and O–H groups in total. The number of aryl methyl sites for hydroxylation is 7. The van der Waals surface area contributed by atoms with Crippen LogP contribution < -0.4 is 16.0 Å². The Morgan fingerprint density at radius 2 is 0.697 bits per heavy atom. The lowest BCUT2D eigenvalue weighted by molar-refractivity contribution is -0.137. The first-order chi connectivity index (χ1) is 62.9. The van der Waals surface area contributed by atoms with Crippen LogP contribution in [0.1, 0.15) is 269 Å². The Morgan fingerprint density at radius 3 is 1.05 bits per heavy atom. The molecular formula is C100H94Cl4N4O24. The fourth-order valence-corrected chi connectivity index (χ4v) is 15.7. The molecule has 6 aliphatic rings. The van der Waals surface area contributed by atoms with Crippen molar-refractivity contribution in [3.8, 4) is 0 Å². The molecule has 28 nitrogen and oxygen atoms in total. The summed E-state index contributed by atoms with van der Waals surface area (Å²) in [6.45, 7) is 5.47. The van der Waals surface area contributed by atoms with E-state index in [-0.39, 0.29) is 82.5 Å². The molecule has 686 valence electrons. The minimum absolute atomic E-state index is 0.0538. The molecule has 0 spiro atoms. The zero-order chi connectivity index (χ0) is 96.2. The predicted octanol–water partition coefficient (Wildman–Crippen LogP) is 18.8. The number of carbonyl (C=O) groups excluding carboxylic acids is 10. The van der Waals surface area contributed by atoms with Crippen LogP contribution in [0, 0.1) is 0 Å². The summed E-state index contributed by atoms with van der Waals surface area (Å²) in [6.07, 6.45) is 9.15. The van der Waals surface area contributed by atoms with Crippen LogP contribution in [0.3, 0.4) is 0 Å². The molecule has 3 unspecified atom stereocenters. The lowest BCUT2D eigenvalue weighted by Gasteiger charge is -2.22. The zero-order valence-corrected chi connectivity index (χ0v) is 75.7. The van der Waals surface area contributed by atoms with E-state index in [0.717, 1.165) is 125 Å². The number of ether oxygens (including phenoxy) is 5. The Hall–Kier alpha value is -14.2. The van der Waals surface area contributed by atoms with E-state index < -0.39 is 46.8 Å². The average molecular weight is 1880 g/mol. The number of amides is 3. The molecule has 3 amide bonds. The van der Waals surface area contributed by atoms with Gasteiger partial charge in [-0.3, -0.25) is 28.8 Å². The van der Waals surface area contributed by atoms with Gasteiger partial charge in [-0.25, -0.2) is 38.4 Å². The molecule has 0 bridgehead atoms. The molecule has 3 atom stereocenters. The van der Waals surface area contributed by atoms with E-state index >= 15 is 0 Å². The van der Waals surface area contributed by atoms with Gasteiger partial charge in [0.15, 0.2) is 11.6 Å². The molecule has 0 aromatic heterocycles. The number of benzene rings is 10. The van der Waals surface area contributed by atoms with Gasteiger partial charge in [0.05, 0.1) is 123 Å². The number of Topliss-reactive ketones (excluding diaryl/α,β-unsaturated/α-hetero) is 2. The topological polar surface area (TPSA) is 435 Å². The van der Waals surface area contributed by atoms with Crippen molar-refractivity contribution in [3.63, 3.8) is 0 Å². The van der Waals surface area contributed by atoms with E-state index in [1.54, 1.807) is 158 Å². The van der Waals surface area contributed by atoms with E-state index in [1.807, 2.05) is 51.1 Å². The number of nitrogens with one attached hydrogen (secondary N) is 3. The predicted molar refractivity (Wildman–Crippen MR) is 491 cm³/mol. The summed E-state index contributed by atoms with van der Waals surface area (Å²) in [6, 6.07) is 57.4. The summed E-state index contributed by atoms with van der Waals surface area (Å²) in [4.78, 5) is 158. The maximum atomic E-state index is 12.4. The number of halogens is 4. The highest BCUT2D eigenvalue weighted by molar-refractivity contribution is 6.68. The number of fused-ring (bicyclic) bond motifs is 6. The third-order valence-electron chi connectivity index (χ3n) is 21.5. The Labute approximate surface area is 779 Å². The van der Waals surface area contributed by atoms with Gasteiger partial charge in [0.1, 0.15) is 5.60 Å². The second-order valence-corrected chi connectivity index (χ2v) is 32.9. The number of oxime groups is 1. The van der Waals surface area contributed by atoms with E-state index in [0.29, 0.717) is 90.1 Å². The number of nitrogens with zero attached hydrogens (tertiary/aromatic N) is 1. The average Bonchev–Trinajstić information content (AvgIpc) is 1.75. The number of rotatable bonds is 16. The third kappa shape index (κ3) is 28.2. The summed E-state index contributed by atoms with van der Waals surface area (Å²) in [5, 5.41) is 56.3. The Kier molecular flexibility index (Phi) is 36.9. The molecule has 0 saturated heterocycles. The van der Waals surface area contributed by atoms with Gasteiger partial charge in [0.25, 0.3) is 17.1 Å². The van der Waals surface area contributed by atoms with Crippen LogP contribution in [0.25, 0.3) is 0 Å². The standard InChI is InChI=1S/C18H16ClNO3.C17H14ClNO3.C16H21NO4.C11H11NO3.C11H10O3.C10H10O4.C10H8O3.C7H4Cl2O/c1-23-18(22)12-7-6-11-8-9-16(14(11)10-12)20-17(21)13-4-2-3-5-15(13)19;18-14-4-2-1-3-12(14)16(20)19-15-8-7-10-5-6-11(17(21)22)9-13(10)15;1-16(2,3)21-15(19)17-13-8-7-10-5-6-11(9-12(10)13)14(18)20-4;1-15-11(13)8-3-2-7-4-5-10(12-14)9(7)6-8;1-14-11(13)8-3-2-7-4-5-10(12)9(7)6-8;11-9(12)6-3-7-1-4-8(5-2-7)10(13)14;11-9-4-3-6-1-2-7(10(12)13)5-8(6)9;8-6-4-2-1-3-5(6)7(9)10/h2-7,10,16H,8-9H2,1H3,(H,20,21);1-6,9,15H,7-8H2,(H,19,20)(H,21,22);5-6,9,13H,7-8H2,1-4H3,(H,17,19);2-3,6,14H,4-5H2,1H3;2-3,6H,4-5H2,1H3;1-2,4-5H,3,6H2,(H,11,12)(H,13,14);1-2,5H,3-4H2,(H,12,13);1-4H/b;;;12-10+;;;;. The molecule has 16 rings (SSSR count). The SMILES string of the molecule is COC(=O)c1ccc2c(c1)/C(=N/O)CC2.COC(=O)c1ccc2c(c1)C(=O)CC2.COC(=O)c1ccc2c(c1)C(NC(=O)OC(C)(C)C)CC2.COC(=O)c1ccc2c(c1)C(NC(=O)c1ccccc1Cl)CC2.O=C(Cl)c1ccccc1Cl.O=C(O)CCc1ccc(C(=O)O)cc1.O=C(O)c1ccc2c(c1)C(=O)CC2.O=C(O)c1ccc2c(c1)C(NC(=O)c1ccccc1Cl)CC2. The quantitative estimate of drug-likeness (QED) is 0.0146. The largest absolute Gasteiger partial charge is 0.481 e. The fraction of sp³-hybridized carbons (Fsp3) is 0.250. The molecule has 132 heavy (non-hydrogen) atoms. The molecule has 0 fully saturated rings. The van der Waals surface area contributed by atoms with Gasteiger partial charge in [-0.2, -0.15) is 0 Å². The first kappa shape index (κ1) is 102. The van der Waals surface area contributed by atoms with Crippen LogP contribution in [-0.2, 0) is 73.4 Å². The summed E-state index contributed by atoms with van der Waals surface area (Å²) in [7, 11) is 5.38. The minimum Gasteiger partial charge on any atom is -0.481 e. The van der Waals surface area contributed by atoms with Crippen molar-refractivity contribution in [2.45, 2.75) is 134 Å². The molecule has 0 heterocycles. The van der Waals surface area contributed by atoms with Crippen LogP contribution in [0.2, 0.25) is 15.1 Å². The lowest BCUT2D eigenvalue weighted by Crippen LogP contribution is -2.34. The van der Waals surface area contributed by atoms with E-state index in [9.17, 15) is 67.1 Å². The number of esters is 4. The zero-order valence-electron chi connectivity index (χ0n) is 72.7. The highest BCUT2D eigenvalue weighted by atomic mass is 35.5. The number of carboxylic acid groups (broad SMARTS) is 4. The molecule has 0 radical (unpaired) electrons. The number of carbonyl (C=O) groups is 14. The second-order valence-electron chi connectivity index (χ2n) is 31.3. The van der Waals surface area contributed by atoms with E-state index in [1.165, 1.54) is 46.6 Å². The van der Waals surface area contributed by atoms with Crippen LogP contribution in [0.5, 0.6) is 0 Å². The maximum Gasteiger partial charge on any atom is 0.408 e. The third-order valence-corrected chi connectivity index (χ3v) is 22.7. The van der Waals surface area contributed by atoms with Gasteiger partial charge in [-0.05, 0) is 280 Å². The van der Waals surface area contributed by atoms with Crippen LogP contribution in [0.4, 0.5) is 4.79 Å².